The van der Waals surface area contributed by atoms with Crippen molar-refractivity contribution in [2.45, 2.75) is 433 Å². The van der Waals surface area contributed by atoms with Crippen LogP contribution in [-0.2, 0) is 65.4 Å². The lowest BCUT2D eigenvalue weighted by atomic mass is 10.00. The normalized spacial score (nSPS) is 14.5. The van der Waals surface area contributed by atoms with Gasteiger partial charge in [-0.15, -0.1) is 0 Å². The van der Waals surface area contributed by atoms with Gasteiger partial charge >= 0.3 is 39.5 Å². The Bertz CT molecular complexity index is 1930. The molecule has 0 amide bonds. The third-order valence-corrected chi connectivity index (χ3v) is 21.3. The van der Waals surface area contributed by atoms with E-state index in [1.807, 2.05) is 0 Å². The summed E-state index contributed by atoms with van der Waals surface area (Å²) < 4.78 is 68.6. The van der Waals surface area contributed by atoms with Crippen LogP contribution in [0.2, 0.25) is 0 Å². The fourth-order valence-corrected chi connectivity index (χ4v) is 13.8. The average molecular weight is 1450 g/mol. The third kappa shape index (κ3) is 71.5. The van der Waals surface area contributed by atoms with Crippen molar-refractivity contribution in [3.05, 3.63) is 0 Å². The van der Waals surface area contributed by atoms with Gasteiger partial charge in [-0.05, 0) is 43.4 Å². The average Bonchev–Trinajstić information content (AvgIpc) is 0.981. The number of phosphoric ester groups is 2. The number of esters is 4. The molecule has 19 heteroatoms. The summed E-state index contributed by atoms with van der Waals surface area (Å²) in [6, 6.07) is 0. The zero-order valence-corrected chi connectivity index (χ0v) is 66.8. The van der Waals surface area contributed by atoms with Crippen LogP contribution in [0.25, 0.3) is 0 Å². The second-order valence-corrected chi connectivity index (χ2v) is 32.7. The second-order valence-electron chi connectivity index (χ2n) is 29.8. The van der Waals surface area contributed by atoms with Gasteiger partial charge in [-0.1, -0.05) is 363 Å². The first-order valence-corrected chi connectivity index (χ1v) is 44.4. The maximum absolute atomic E-state index is 13.1. The molecule has 3 N–H and O–H groups in total. The predicted octanol–water partition coefficient (Wildman–Crippen LogP) is 23.7. The van der Waals surface area contributed by atoms with Crippen molar-refractivity contribution in [2.75, 3.05) is 39.6 Å². The van der Waals surface area contributed by atoms with Gasteiger partial charge < -0.3 is 33.8 Å². The number of unbranched alkanes of at least 4 members (excludes halogenated alkanes) is 44. The molecule has 17 nitrogen and oxygen atoms in total. The summed E-state index contributed by atoms with van der Waals surface area (Å²) in [4.78, 5) is 72.9. The lowest BCUT2D eigenvalue weighted by Gasteiger charge is -2.21. The summed E-state index contributed by atoms with van der Waals surface area (Å²) in [7, 11) is -9.92. The van der Waals surface area contributed by atoms with E-state index in [2.05, 4.69) is 48.5 Å². The molecule has 0 aliphatic heterocycles. The van der Waals surface area contributed by atoms with Crippen molar-refractivity contribution in [3.8, 4) is 0 Å². The minimum Gasteiger partial charge on any atom is -0.462 e. The molecular formula is C80H156O17P2. The Kier molecular flexibility index (Phi) is 69.0. The van der Waals surface area contributed by atoms with Crippen molar-refractivity contribution in [1.29, 1.82) is 0 Å². The monoisotopic (exact) mass is 1450 g/mol. The van der Waals surface area contributed by atoms with E-state index in [-0.39, 0.29) is 25.7 Å². The minimum atomic E-state index is -4.96. The molecule has 0 aromatic carbocycles. The van der Waals surface area contributed by atoms with Crippen molar-refractivity contribution >= 4 is 39.5 Å². The van der Waals surface area contributed by atoms with Crippen LogP contribution in [0.15, 0.2) is 0 Å². The number of aliphatic hydroxyl groups excluding tert-OH is 1. The van der Waals surface area contributed by atoms with Gasteiger partial charge in [-0.25, -0.2) is 9.13 Å². The van der Waals surface area contributed by atoms with Crippen molar-refractivity contribution < 1.29 is 80.2 Å². The van der Waals surface area contributed by atoms with Gasteiger partial charge in [-0.3, -0.25) is 37.3 Å². The van der Waals surface area contributed by atoms with E-state index in [1.54, 1.807) is 0 Å². The number of aliphatic hydroxyl groups is 1. The lowest BCUT2D eigenvalue weighted by molar-refractivity contribution is -0.161. The fourth-order valence-electron chi connectivity index (χ4n) is 12.2. The Balaban J connectivity index is 5.20. The van der Waals surface area contributed by atoms with Crippen LogP contribution in [0.1, 0.15) is 414 Å². The highest BCUT2D eigenvalue weighted by Gasteiger charge is 2.30. The molecule has 0 saturated carbocycles. The van der Waals surface area contributed by atoms with E-state index in [0.717, 1.165) is 114 Å². The number of rotatable bonds is 78. The quantitative estimate of drug-likeness (QED) is 0.0222. The summed E-state index contributed by atoms with van der Waals surface area (Å²) in [6.45, 7) is 11.9. The first-order chi connectivity index (χ1) is 47.8. The van der Waals surface area contributed by atoms with Crippen molar-refractivity contribution in [3.63, 3.8) is 0 Å². The molecule has 0 aromatic rings. The van der Waals surface area contributed by atoms with Gasteiger partial charge in [0.05, 0.1) is 26.4 Å². The highest BCUT2D eigenvalue weighted by molar-refractivity contribution is 7.47. The largest absolute Gasteiger partial charge is 0.472 e. The van der Waals surface area contributed by atoms with E-state index in [9.17, 15) is 43.2 Å². The molecule has 0 aromatic heterocycles. The van der Waals surface area contributed by atoms with Gasteiger partial charge in [-0.2, -0.15) is 0 Å². The van der Waals surface area contributed by atoms with Crippen LogP contribution >= 0.6 is 15.6 Å². The molecule has 0 aliphatic carbocycles. The molecule has 0 saturated heterocycles. The zero-order chi connectivity index (χ0) is 73.0. The summed E-state index contributed by atoms with van der Waals surface area (Å²) in [6.07, 6.45) is 58.6. The van der Waals surface area contributed by atoms with Crippen molar-refractivity contribution in [1.82, 2.24) is 0 Å². The van der Waals surface area contributed by atoms with E-state index >= 15 is 0 Å². The van der Waals surface area contributed by atoms with E-state index in [1.165, 1.54) is 218 Å². The molecule has 0 bridgehead atoms. The van der Waals surface area contributed by atoms with Crippen LogP contribution in [0.3, 0.4) is 0 Å². The SMILES string of the molecule is CCCCCCCCCCCCCCCCCCCCCCC(=O)O[C@H](COC(=O)CCCCCCCCCCCCCCCCCCC(C)C)COP(=O)(O)OC[C@@H](O)COP(=O)(O)OC[C@@H](COC(=O)CCCCCCCCC(C)CC)OC(=O)CCCCCCCCC(C)CC. The maximum atomic E-state index is 13.1. The second kappa shape index (κ2) is 70.4. The van der Waals surface area contributed by atoms with E-state index in [4.69, 9.17) is 37.0 Å². The smallest absolute Gasteiger partial charge is 0.462 e. The number of hydrogen-bond donors (Lipinski definition) is 3. The Morgan fingerprint density at radius 3 is 0.768 bits per heavy atom. The lowest BCUT2D eigenvalue weighted by Crippen LogP contribution is -2.30. The molecule has 0 spiro atoms. The number of hydrogen-bond acceptors (Lipinski definition) is 15. The number of carbonyl (C=O) groups is 4. The minimum absolute atomic E-state index is 0.102. The molecule has 4 unspecified atom stereocenters. The molecule has 0 heterocycles. The Morgan fingerprint density at radius 1 is 0.293 bits per heavy atom. The highest BCUT2D eigenvalue weighted by Crippen LogP contribution is 2.45. The third-order valence-electron chi connectivity index (χ3n) is 19.4. The van der Waals surface area contributed by atoms with Crippen LogP contribution < -0.4 is 0 Å². The van der Waals surface area contributed by atoms with Crippen LogP contribution in [-0.4, -0.2) is 96.7 Å². The standard InChI is InChI=1S/C80H156O17P2/c1-8-11-12-13-14-15-16-17-18-19-20-21-22-27-30-33-36-39-49-56-63-79(84)96-75(67-90-77(82)61-54-47-38-35-32-29-26-24-23-25-28-31-34-37-44-51-58-71(4)5)69-94-98(86,87)92-65-74(81)66-93-99(88,89)95-70-76(97-80(85)64-57-50-43-41-46-53-60-73(7)10-3)68-91-78(83)62-55-48-42-40-45-52-59-72(6)9-2/h71-76,81H,8-70H2,1-7H3,(H,86,87)(H,88,89)/t72?,73?,74-,75-,76-/m1/s1. The molecule has 99 heavy (non-hydrogen) atoms. The van der Waals surface area contributed by atoms with Gasteiger partial charge in [0.1, 0.15) is 19.3 Å². The molecular weight excluding hydrogens is 1290 g/mol. The number of carbonyl (C=O) groups excluding carboxylic acids is 4. The van der Waals surface area contributed by atoms with Gasteiger partial charge in [0.2, 0.25) is 0 Å². The molecule has 0 fully saturated rings. The molecule has 0 radical (unpaired) electrons. The molecule has 0 aliphatic rings. The van der Waals surface area contributed by atoms with Gasteiger partial charge in [0.25, 0.3) is 0 Å². The topological polar surface area (TPSA) is 237 Å². The van der Waals surface area contributed by atoms with Crippen LogP contribution in [0.4, 0.5) is 0 Å². The summed E-state index contributed by atoms with van der Waals surface area (Å²) >= 11 is 0. The first-order valence-electron chi connectivity index (χ1n) is 41.4. The van der Waals surface area contributed by atoms with Crippen LogP contribution in [0.5, 0.6) is 0 Å². The first kappa shape index (κ1) is 97.1. The molecule has 0 rings (SSSR count). The Morgan fingerprint density at radius 2 is 0.515 bits per heavy atom. The maximum Gasteiger partial charge on any atom is 0.472 e. The predicted molar refractivity (Wildman–Crippen MR) is 405 cm³/mol. The summed E-state index contributed by atoms with van der Waals surface area (Å²) in [5, 5.41) is 10.6. The fraction of sp³-hybridized carbons (Fsp3) is 0.950. The van der Waals surface area contributed by atoms with E-state index < -0.39 is 97.5 Å². The summed E-state index contributed by atoms with van der Waals surface area (Å²) in [5.41, 5.74) is 0. The number of phosphoric acid groups is 2. The molecule has 7 atom stereocenters. The molecule has 588 valence electrons. The van der Waals surface area contributed by atoms with Gasteiger partial charge in [0, 0.05) is 25.7 Å². The highest BCUT2D eigenvalue weighted by atomic mass is 31.2. The van der Waals surface area contributed by atoms with Crippen LogP contribution in [0, 0.1) is 17.8 Å². The Labute approximate surface area is 607 Å². The Hall–Kier alpha value is -1.94. The number of ether oxygens (including phenoxy) is 4. The zero-order valence-electron chi connectivity index (χ0n) is 65.0. The van der Waals surface area contributed by atoms with Crippen molar-refractivity contribution in [2.24, 2.45) is 17.8 Å². The van der Waals surface area contributed by atoms with E-state index in [0.29, 0.717) is 25.7 Å². The summed E-state index contributed by atoms with van der Waals surface area (Å²) in [5.74, 6) is 0.145. The van der Waals surface area contributed by atoms with Gasteiger partial charge in [0.15, 0.2) is 12.2 Å².